The number of carbonyl (C=O) groups is 1. The van der Waals surface area contributed by atoms with Gasteiger partial charge in [0, 0.05) is 49.7 Å². The molecule has 0 amide bonds. The summed E-state index contributed by atoms with van der Waals surface area (Å²) in [5, 5.41) is 20.1. The number of aliphatic carboxylic acids is 1. The van der Waals surface area contributed by atoms with Gasteiger partial charge in [-0.25, -0.2) is 4.68 Å². The van der Waals surface area contributed by atoms with Gasteiger partial charge in [0.15, 0.2) is 0 Å². The molecule has 1 N–H and O–H groups in total. The van der Waals surface area contributed by atoms with Crippen molar-refractivity contribution in [2.75, 3.05) is 6.54 Å². The van der Waals surface area contributed by atoms with E-state index in [0.717, 1.165) is 76.0 Å². The third-order valence-corrected chi connectivity index (χ3v) is 9.15. The van der Waals surface area contributed by atoms with E-state index in [1.807, 2.05) is 52.2 Å². The first-order valence-electron chi connectivity index (χ1n) is 14.9. The van der Waals surface area contributed by atoms with Crippen LogP contribution in [0.15, 0.2) is 60.8 Å². The first kappa shape index (κ1) is 28.8. The quantitative estimate of drug-likeness (QED) is 0.234. The van der Waals surface area contributed by atoms with E-state index < -0.39 is 11.4 Å². The van der Waals surface area contributed by atoms with Crippen LogP contribution in [0.2, 0.25) is 0 Å². The van der Waals surface area contributed by atoms with Gasteiger partial charge in [0.2, 0.25) is 0 Å². The highest BCUT2D eigenvalue weighted by Crippen LogP contribution is 2.44. The highest BCUT2D eigenvalue weighted by molar-refractivity contribution is 5.82. The number of ether oxygens (including phenoxy) is 1. The lowest BCUT2D eigenvalue weighted by atomic mass is 9.69. The summed E-state index contributed by atoms with van der Waals surface area (Å²) < 4.78 is 8.25. The van der Waals surface area contributed by atoms with E-state index in [1.54, 1.807) is 4.68 Å². The van der Waals surface area contributed by atoms with Crippen molar-refractivity contribution >= 4 is 27.9 Å². The Morgan fingerprint density at radius 2 is 1.95 bits per heavy atom. The van der Waals surface area contributed by atoms with E-state index in [0.29, 0.717) is 0 Å². The minimum Gasteiger partial charge on any atom is -0.489 e. The molecule has 43 heavy (non-hydrogen) atoms. The second kappa shape index (κ2) is 11.1. The van der Waals surface area contributed by atoms with Gasteiger partial charge in [0.25, 0.3) is 0 Å². The largest absolute Gasteiger partial charge is 0.489 e. The monoisotopic (exact) mass is 577 g/mol. The molecule has 0 saturated heterocycles. The molecule has 0 saturated carbocycles. The van der Waals surface area contributed by atoms with E-state index in [9.17, 15) is 9.90 Å². The van der Waals surface area contributed by atoms with Gasteiger partial charge in [0.05, 0.1) is 16.4 Å². The van der Waals surface area contributed by atoms with Crippen LogP contribution < -0.4 is 4.74 Å². The standard InChI is InChI=1S/C35H39N5O3/c1-7-27-20-40(19-26-16-29-23(9-8-14-36-29)17-31(26)43-27)18-25-15-24(11-10-21(25)2)32(35(4,5)34(41)42)28-12-13-30-33(22(28)3)37-38-39(30)6/h8-17,27,32H,7,18-20H2,1-6H3,(H,41,42)/t27-,32?/m0/s1. The first-order chi connectivity index (χ1) is 20.6. The van der Waals surface area contributed by atoms with Gasteiger partial charge < -0.3 is 9.84 Å². The number of fused-ring (bicyclic) bond motifs is 3. The molecule has 1 aliphatic heterocycles. The lowest BCUT2D eigenvalue weighted by Crippen LogP contribution is -2.33. The van der Waals surface area contributed by atoms with Gasteiger partial charge in [-0.3, -0.25) is 14.7 Å². The van der Waals surface area contributed by atoms with Gasteiger partial charge in [-0.05, 0) is 86.2 Å². The number of rotatable bonds is 7. The molecule has 8 heteroatoms. The van der Waals surface area contributed by atoms with Gasteiger partial charge in [-0.2, -0.15) is 0 Å². The fourth-order valence-corrected chi connectivity index (χ4v) is 6.47. The van der Waals surface area contributed by atoms with Crippen molar-refractivity contribution in [3.05, 3.63) is 94.2 Å². The van der Waals surface area contributed by atoms with Crippen molar-refractivity contribution in [2.24, 2.45) is 12.5 Å². The lowest BCUT2D eigenvalue weighted by molar-refractivity contribution is -0.147. The SMILES string of the molecule is CC[C@H]1CN(Cc2cc(C(c3ccc4c(nnn4C)c3C)C(C)(C)C(=O)O)ccc2C)Cc2cc3ncccc3cc2O1. The normalized spacial score (nSPS) is 16.6. The number of nitrogens with zero attached hydrogens (tertiary/aromatic N) is 5. The summed E-state index contributed by atoms with van der Waals surface area (Å²) in [4.78, 5) is 19.7. The highest BCUT2D eigenvalue weighted by Gasteiger charge is 2.40. The summed E-state index contributed by atoms with van der Waals surface area (Å²) in [6.07, 6.45) is 2.80. The van der Waals surface area contributed by atoms with E-state index in [-0.39, 0.29) is 12.0 Å². The third-order valence-electron chi connectivity index (χ3n) is 9.15. The minimum absolute atomic E-state index is 0.0684. The van der Waals surface area contributed by atoms with Crippen molar-refractivity contribution in [1.82, 2.24) is 24.9 Å². The smallest absolute Gasteiger partial charge is 0.310 e. The molecule has 1 unspecified atom stereocenters. The van der Waals surface area contributed by atoms with E-state index in [1.165, 1.54) is 11.1 Å². The Balaban J connectivity index is 1.40. The van der Waals surface area contributed by atoms with E-state index in [4.69, 9.17) is 4.74 Å². The molecule has 8 nitrogen and oxygen atoms in total. The summed E-state index contributed by atoms with van der Waals surface area (Å²) in [6.45, 7) is 12.2. The summed E-state index contributed by atoms with van der Waals surface area (Å²) in [7, 11) is 1.87. The molecule has 0 fully saturated rings. The predicted molar refractivity (Wildman–Crippen MR) is 168 cm³/mol. The van der Waals surface area contributed by atoms with Crippen LogP contribution in [0.1, 0.15) is 66.5 Å². The number of aryl methyl sites for hydroxylation is 3. The van der Waals surface area contributed by atoms with Gasteiger partial charge >= 0.3 is 5.97 Å². The average molecular weight is 578 g/mol. The summed E-state index contributed by atoms with van der Waals surface area (Å²) >= 11 is 0. The molecule has 2 atom stereocenters. The van der Waals surface area contributed by atoms with Crippen LogP contribution in [0.4, 0.5) is 0 Å². The summed E-state index contributed by atoms with van der Waals surface area (Å²) in [5.74, 6) is -0.297. The number of aromatic nitrogens is 4. The van der Waals surface area contributed by atoms with Crippen LogP contribution in [-0.4, -0.2) is 48.6 Å². The van der Waals surface area contributed by atoms with Crippen LogP contribution in [0, 0.1) is 19.3 Å². The molecular formula is C35H39N5O3. The van der Waals surface area contributed by atoms with Gasteiger partial charge in [-0.15, -0.1) is 5.10 Å². The number of hydrogen-bond donors (Lipinski definition) is 1. The Kier molecular flexibility index (Phi) is 7.42. The van der Waals surface area contributed by atoms with E-state index in [2.05, 4.69) is 70.4 Å². The maximum atomic E-state index is 12.7. The average Bonchev–Trinajstić information content (AvgIpc) is 3.27. The zero-order chi connectivity index (χ0) is 30.5. The maximum absolute atomic E-state index is 12.7. The Bertz CT molecular complexity index is 1840. The van der Waals surface area contributed by atoms with Crippen molar-refractivity contribution in [3.8, 4) is 5.75 Å². The first-order valence-corrected chi connectivity index (χ1v) is 14.9. The Morgan fingerprint density at radius 3 is 2.72 bits per heavy atom. The number of pyridine rings is 1. The van der Waals surface area contributed by atoms with Crippen LogP contribution in [-0.2, 0) is 24.9 Å². The van der Waals surface area contributed by atoms with E-state index >= 15 is 0 Å². The molecule has 6 rings (SSSR count). The Labute approximate surface area is 252 Å². The van der Waals surface area contributed by atoms with Crippen molar-refractivity contribution in [1.29, 1.82) is 0 Å². The minimum atomic E-state index is -1.07. The Hall–Kier alpha value is -4.30. The molecule has 0 bridgehead atoms. The van der Waals surface area contributed by atoms with Crippen molar-refractivity contribution in [2.45, 2.75) is 66.2 Å². The van der Waals surface area contributed by atoms with Gasteiger partial charge in [0.1, 0.15) is 17.4 Å². The van der Waals surface area contributed by atoms with Crippen LogP contribution in [0.3, 0.4) is 0 Å². The fourth-order valence-electron chi connectivity index (χ4n) is 6.47. The molecule has 1 aliphatic rings. The van der Waals surface area contributed by atoms with Crippen LogP contribution >= 0.6 is 0 Å². The molecule has 3 heterocycles. The molecule has 0 spiro atoms. The molecule has 0 aliphatic carbocycles. The third kappa shape index (κ3) is 5.25. The highest BCUT2D eigenvalue weighted by atomic mass is 16.5. The lowest BCUT2D eigenvalue weighted by Gasteiger charge is -2.33. The topological polar surface area (TPSA) is 93.4 Å². The van der Waals surface area contributed by atoms with Crippen molar-refractivity contribution < 1.29 is 14.6 Å². The van der Waals surface area contributed by atoms with Crippen LogP contribution in [0.25, 0.3) is 21.9 Å². The number of benzene rings is 3. The number of hydrogen-bond acceptors (Lipinski definition) is 6. The number of carboxylic acids is 1. The molecule has 0 radical (unpaired) electrons. The van der Waals surface area contributed by atoms with Crippen molar-refractivity contribution in [3.63, 3.8) is 0 Å². The summed E-state index contributed by atoms with van der Waals surface area (Å²) in [5.41, 5.74) is 8.01. The molecular weight excluding hydrogens is 538 g/mol. The molecule has 3 aromatic carbocycles. The van der Waals surface area contributed by atoms with Crippen LogP contribution in [0.5, 0.6) is 5.75 Å². The maximum Gasteiger partial charge on any atom is 0.310 e. The second-order valence-electron chi connectivity index (χ2n) is 12.5. The molecule has 2 aromatic heterocycles. The molecule has 5 aromatic rings. The predicted octanol–water partition coefficient (Wildman–Crippen LogP) is 6.55. The fraction of sp³-hybridized carbons (Fsp3) is 0.371. The Morgan fingerprint density at radius 1 is 1.14 bits per heavy atom. The molecule has 222 valence electrons. The number of carboxylic acid groups (broad SMARTS) is 1. The zero-order valence-corrected chi connectivity index (χ0v) is 25.8. The summed E-state index contributed by atoms with van der Waals surface area (Å²) in [6, 6.07) is 18.8. The van der Waals surface area contributed by atoms with Gasteiger partial charge in [-0.1, -0.05) is 42.5 Å². The second-order valence-corrected chi connectivity index (χ2v) is 12.5. The zero-order valence-electron chi connectivity index (χ0n) is 25.8.